The molecule has 2 rings (SSSR count). The fourth-order valence-corrected chi connectivity index (χ4v) is 2.41. The van der Waals surface area contributed by atoms with Gasteiger partial charge in [-0.3, -0.25) is 4.79 Å². The number of carbonyl (C=O) groups excluding carboxylic acids is 1. The summed E-state index contributed by atoms with van der Waals surface area (Å²) in [5.41, 5.74) is 0.675. The summed E-state index contributed by atoms with van der Waals surface area (Å²) in [7, 11) is 0. The number of aromatic hydroxyl groups is 1. The molecule has 1 aromatic rings. The molecular formula is C13H16ClNO2. The third-order valence-electron chi connectivity index (χ3n) is 3.05. The highest BCUT2D eigenvalue weighted by molar-refractivity contribution is 6.20. The highest BCUT2D eigenvalue weighted by atomic mass is 35.5. The van der Waals surface area contributed by atoms with E-state index in [1.54, 1.807) is 23.1 Å². The number of phenols is 1. The normalized spacial score (nSPS) is 20.3. The summed E-state index contributed by atoms with van der Waals surface area (Å²) in [6, 6.07) is 6.94. The van der Waals surface area contributed by atoms with Crippen molar-refractivity contribution in [2.45, 2.75) is 24.6 Å². The zero-order chi connectivity index (χ0) is 12.3. The predicted molar refractivity (Wildman–Crippen MR) is 67.3 cm³/mol. The van der Waals surface area contributed by atoms with Crippen LogP contribution in [0.2, 0.25) is 0 Å². The van der Waals surface area contributed by atoms with Gasteiger partial charge in [0.05, 0.1) is 11.8 Å². The lowest BCUT2D eigenvalue weighted by molar-refractivity contribution is -0.131. The number of hydrogen-bond acceptors (Lipinski definition) is 2. The van der Waals surface area contributed by atoms with Crippen molar-refractivity contribution in [2.24, 2.45) is 0 Å². The van der Waals surface area contributed by atoms with Gasteiger partial charge in [-0.2, -0.15) is 0 Å². The van der Waals surface area contributed by atoms with Crippen LogP contribution in [0.15, 0.2) is 24.3 Å². The smallest absolute Gasteiger partial charge is 0.227 e. The van der Waals surface area contributed by atoms with E-state index in [9.17, 15) is 9.90 Å². The van der Waals surface area contributed by atoms with Crippen LogP contribution in [0.3, 0.4) is 0 Å². The molecule has 1 N–H and O–H groups in total. The quantitative estimate of drug-likeness (QED) is 0.821. The Morgan fingerprint density at radius 1 is 1.47 bits per heavy atom. The molecule has 1 fully saturated rings. The molecule has 92 valence electrons. The van der Waals surface area contributed by atoms with Crippen LogP contribution < -0.4 is 0 Å². The Labute approximate surface area is 106 Å². The Balaban J connectivity index is 1.99. The van der Waals surface area contributed by atoms with Crippen molar-refractivity contribution in [2.75, 3.05) is 13.1 Å². The van der Waals surface area contributed by atoms with Gasteiger partial charge in [-0.25, -0.2) is 0 Å². The maximum absolute atomic E-state index is 12.0. The second kappa shape index (κ2) is 5.41. The molecular weight excluding hydrogens is 238 g/mol. The van der Waals surface area contributed by atoms with Crippen molar-refractivity contribution < 1.29 is 9.90 Å². The summed E-state index contributed by atoms with van der Waals surface area (Å²) in [6.07, 6.45) is 2.18. The number of nitrogens with zero attached hydrogens (tertiary/aromatic N) is 1. The molecule has 1 unspecified atom stereocenters. The number of phenolic OH excluding ortho intramolecular Hbond substituents is 1. The monoisotopic (exact) mass is 253 g/mol. The van der Waals surface area contributed by atoms with Crippen LogP contribution in [0.5, 0.6) is 5.75 Å². The first-order valence-electron chi connectivity index (χ1n) is 5.85. The average Bonchev–Trinajstić information content (AvgIpc) is 2.32. The molecule has 1 atom stereocenters. The zero-order valence-corrected chi connectivity index (χ0v) is 10.4. The number of halogens is 1. The summed E-state index contributed by atoms with van der Waals surface area (Å²) < 4.78 is 0. The van der Waals surface area contributed by atoms with E-state index in [2.05, 4.69) is 0 Å². The molecule has 0 spiro atoms. The maximum atomic E-state index is 12.0. The molecule has 0 bridgehead atoms. The molecule has 3 nitrogen and oxygen atoms in total. The number of piperidine rings is 1. The molecule has 1 amide bonds. The summed E-state index contributed by atoms with van der Waals surface area (Å²) in [4.78, 5) is 13.8. The molecule has 17 heavy (non-hydrogen) atoms. The number of para-hydroxylation sites is 1. The third-order valence-corrected chi connectivity index (χ3v) is 3.41. The van der Waals surface area contributed by atoms with Crippen LogP contribution in [-0.4, -0.2) is 34.4 Å². The summed E-state index contributed by atoms with van der Waals surface area (Å²) >= 11 is 6.05. The van der Waals surface area contributed by atoms with E-state index in [0.717, 1.165) is 19.4 Å². The highest BCUT2D eigenvalue weighted by Crippen LogP contribution is 2.19. The number of rotatable bonds is 2. The van der Waals surface area contributed by atoms with Crippen LogP contribution in [0, 0.1) is 0 Å². The lowest BCUT2D eigenvalue weighted by Crippen LogP contribution is -2.41. The number of benzene rings is 1. The maximum Gasteiger partial charge on any atom is 0.227 e. The Kier molecular flexibility index (Phi) is 3.89. The number of amides is 1. The van der Waals surface area contributed by atoms with Crippen LogP contribution in [0.25, 0.3) is 0 Å². The summed E-state index contributed by atoms with van der Waals surface area (Å²) in [6.45, 7) is 1.39. The largest absolute Gasteiger partial charge is 0.508 e. The highest BCUT2D eigenvalue weighted by Gasteiger charge is 2.22. The van der Waals surface area contributed by atoms with Crippen molar-refractivity contribution in [3.05, 3.63) is 29.8 Å². The van der Waals surface area contributed by atoms with Gasteiger partial charge in [-0.1, -0.05) is 18.2 Å². The van der Waals surface area contributed by atoms with E-state index in [-0.39, 0.29) is 23.5 Å². The second-order valence-electron chi connectivity index (χ2n) is 4.38. The van der Waals surface area contributed by atoms with E-state index < -0.39 is 0 Å². The SMILES string of the molecule is O=C(Cc1ccccc1O)N1CCCC(Cl)C1. The Morgan fingerprint density at radius 3 is 2.94 bits per heavy atom. The minimum Gasteiger partial charge on any atom is -0.508 e. The summed E-state index contributed by atoms with van der Waals surface area (Å²) in [5.74, 6) is 0.220. The van der Waals surface area contributed by atoms with Crippen molar-refractivity contribution in [1.82, 2.24) is 4.90 Å². The van der Waals surface area contributed by atoms with Gasteiger partial charge in [0, 0.05) is 18.7 Å². The molecule has 4 heteroatoms. The fraction of sp³-hybridized carbons (Fsp3) is 0.462. The number of hydrogen-bond donors (Lipinski definition) is 1. The lowest BCUT2D eigenvalue weighted by Gasteiger charge is -2.29. The number of carbonyl (C=O) groups is 1. The van der Waals surface area contributed by atoms with E-state index in [0.29, 0.717) is 12.1 Å². The van der Waals surface area contributed by atoms with Crippen molar-refractivity contribution in [3.63, 3.8) is 0 Å². The van der Waals surface area contributed by atoms with E-state index in [1.165, 1.54) is 0 Å². The van der Waals surface area contributed by atoms with E-state index >= 15 is 0 Å². The second-order valence-corrected chi connectivity index (χ2v) is 5.00. The van der Waals surface area contributed by atoms with Gasteiger partial charge < -0.3 is 10.0 Å². The van der Waals surface area contributed by atoms with Crippen molar-refractivity contribution in [1.29, 1.82) is 0 Å². The fourth-order valence-electron chi connectivity index (χ4n) is 2.09. The molecule has 1 aliphatic rings. The van der Waals surface area contributed by atoms with Gasteiger partial charge in [0.1, 0.15) is 5.75 Å². The first-order chi connectivity index (χ1) is 8.16. The first kappa shape index (κ1) is 12.2. The van der Waals surface area contributed by atoms with Crippen LogP contribution in [0.1, 0.15) is 18.4 Å². The van der Waals surface area contributed by atoms with Crippen LogP contribution in [-0.2, 0) is 11.2 Å². The first-order valence-corrected chi connectivity index (χ1v) is 6.29. The molecule has 1 saturated heterocycles. The number of alkyl halides is 1. The van der Waals surface area contributed by atoms with Gasteiger partial charge in [-0.15, -0.1) is 11.6 Å². The Hall–Kier alpha value is -1.22. The minimum atomic E-state index is 0.0388. The molecule has 0 saturated carbocycles. The molecule has 0 radical (unpaired) electrons. The van der Waals surface area contributed by atoms with Crippen LogP contribution >= 0.6 is 11.6 Å². The third kappa shape index (κ3) is 3.13. The predicted octanol–water partition coefficient (Wildman–Crippen LogP) is 2.16. The van der Waals surface area contributed by atoms with Gasteiger partial charge in [0.15, 0.2) is 0 Å². The zero-order valence-electron chi connectivity index (χ0n) is 9.60. The molecule has 1 aliphatic heterocycles. The minimum absolute atomic E-state index is 0.0388. The standard InChI is InChI=1S/C13H16ClNO2/c14-11-5-3-7-15(9-11)13(17)8-10-4-1-2-6-12(10)16/h1-2,4,6,11,16H,3,5,7-9H2. The van der Waals surface area contributed by atoms with Crippen molar-refractivity contribution in [3.8, 4) is 5.75 Å². The van der Waals surface area contributed by atoms with Crippen molar-refractivity contribution >= 4 is 17.5 Å². The molecule has 1 heterocycles. The van der Waals surface area contributed by atoms with Gasteiger partial charge in [0.25, 0.3) is 0 Å². The van der Waals surface area contributed by atoms with Crippen LogP contribution in [0.4, 0.5) is 0 Å². The van der Waals surface area contributed by atoms with Gasteiger partial charge >= 0.3 is 0 Å². The molecule has 0 aliphatic carbocycles. The number of likely N-dealkylation sites (tertiary alicyclic amines) is 1. The average molecular weight is 254 g/mol. The summed E-state index contributed by atoms with van der Waals surface area (Å²) in [5, 5.41) is 9.68. The van der Waals surface area contributed by atoms with Gasteiger partial charge in [-0.05, 0) is 18.9 Å². The van der Waals surface area contributed by atoms with Gasteiger partial charge in [0.2, 0.25) is 5.91 Å². The molecule has 0 aromatic heterocycles. The lowest BCUT2D eigenvalue weighted by atomic mass is 10.1. The Morgan fingerprint density at radius 2 is 2.24 bits per heavy atom. The Bertz CT molecular complexity index is 408. The topological polar surface area (TPSA) is 40.5 Å². The molecule has 1 aromatic carbocycles. The van der Waals surface area contributed by atoms with E-state index in [1.807, 2.05) is 6.07 Å². The van der Waals surface area contributed by atoms with E-state index in [4.69, 9.17) is 11.6 Å².